The Morgan fingerprint density at radius 1 is 0.857 bits per heavy atom. The van der Waals surface area contributed by atoms with E-state index in [4.69, 9.17) is 11.6 Å². The number of amides is 2. The second-order valence-corrected chi connectivity index (χ2v) is 6.85. The fourth-order valence-corrected chi connectivity index (χ4v) is 3.09. The molecule has 0 saturated carbocycles. The topological polar surface area (TPSA) is 58.2 Å². The molecule has 2 amide bonds. The largest absolute Gasteiger partial charge is 0.348 e. The van der Waals surface area contributed by atoms with Crippen molar-refractivity contribution in [2.75, 3.05) is 6.54 Å². The number of nitrogens with one attached hydrogen (secondary N) is 2. The number of carbonyl (C=O) groups excluding carboxylic acids is 2. The molecule has 5 heteroatoms. The summed E-state index contributed by atoms with van der Waals surface area (Å²) in [5, 5.41) is 5.84. The van der Waals surface area contributed by atoms with Gasteiger partial charge in [0.15, 0.2) is 0 Å². The van der Waals surface area contributed by atoms with Gasteiger partial charge in [0.2, 0.25) is 5.91 Å². The van der Waals surface area contributed by atoms with Crippen LogP contribution in [0.3, 0.4) is 0 Å². The zero-order valence-corrected chi connectivity index (χ0v) is 16.2. The predicted octanol–water partition coefficient (Wildman–Crippen LogP) is 4.61. The lowest BCUT2D eigenvalue weighted by Gasteiger charge is -2.15. The molecule has 0 radical (unpaired) electrons. The highest BCUT2D eigenvalue weighted by Crippen LogP contribution is 2.21. The van der Waals surface area contributed by atoms with E-state index in [0.717, 1.165) is 16.7 Å². The van der Waals surface area contributed by atoms with E-state index in [-0.39, 0.29) is 24.4 Å². The van der Waals surface area contributed by atoms with Crippen molar-refractivity contribution in [3.05, 3.63) is 95.0 Å². The van der Waals surface area contributed by atoms with Crippen molar-refractivity contribution in [2.24, 2.45) is 0 Å². The van der Waals surface area contributed by atoms with Crippen molar-refractivity contribution in [1.82, 2.24) is 10.6 Å². The SMILES string of the molecule is CC(NC(=O)CNC(=O)c1ccccc1Cl)c1ccc(-c2ccccc2)cc1. The molecule has 142 valence electrons. The molecule has 28 heavy (non-hydrogen) atoms. The third kappa shape index (κ3) is 4.99. The average Bonchev–Trinajstić information content (AvgIpc) is 2.73. The molecule has 1 atom stereocenters. The molecule has 0 bridgehead atoms. The van der Waals surface area contributed by atoms with Gasteiger partial charge in [-0.05, 0) is 35.7 Å². The average molecular weight is 393 g/mol. The number of rotatable bonds is 6. The number of hydrogen-bond donors (Lipinski definition) is 2. The Hall–Kier alpha value is -3.11. The lowest BCUT2D eigenvalue weighted by atomic mass is 10.0. The van der Waals surface area contributed by atoms with Gasteiger partial charge in [-0.15, -0.1) is 0 Å². The molecule has 2 N–H and O–H groups in total. The minimum Gasteiger partial charge on any atom is -0.348 e. The minimum atomic E-state index is -0.374. The van der Waals surface area contributed by atoms with Gasteiger partial charge in [0.1, 0.15) is 0 Å². The first-order chi connectivity index (χ1) is 13.5. The van der Waals surface area contributed by atoms with Crippen LogP contribution in [0.25, 0.3) is 11.1 Å². The van der Waals surface area contributed by atoms with Crippen LogP contribution in [0, 0.1) is 0 Å². The van der Waals surface area contributed by atoms with Gasteiger partial charge in [-0.25, -0.2) is 0 Å². The molecule has 0 spiro atoms. The van der Waals surface area contributed by atoms with E-state index < -0.39 is 0 Å². The summed E-state index contributed by atoms with van der Waals surface area (Å²) in [7, 11) is 0. The Balaban J connectivity index is 1.54. The third-order valence-corrected chi connectivity index (χ3v) is 4.75. The van der Waals surface area contributed by atoms with Gasteiger partial charge in [-0.2, -0.15) is 0 Å². The summed E-state index contributed by atoms with van der Waals surface area (Å²) >= 11 is 5.99. The van der Waals surface area contributed by atoms with Crippen LogP contribution in [0.5, 0.6) is 0 Å². The van der Waals surface area contributed by atoms with Crippen LogP contribution in [0.2, 0.25) is 5.02 Å². The zero-order valence-electron chi connectivity index (χ0n) is 15.5. The molecule has 0 aliphatic heterocycles. The molecular weight excluding hydrogens is 372 g/mol. The summed E-state index contributed by atoms with van der Waals surface area (Å²) in [6.45, 7) is 1.79. The van der Waals surface area contributed by atoms with E-state index >= 15 is 0 Å². The summed E-state index contributed by atoms with van der Waals surface area (Å²) in [6.07, 6.45) is 0. The Kier molecular flexibility index (Phi) is 6.45. The maximum atomic E-state index is 12.2. The van der Waals surface area contributed by atoms with Crippen molar-refractivity contribution in [3.8, 4) is 11.1 Å². The number of halogens is 1. The zero-order chi connectivity index (χ0) is 19.9. The van der Waals surface area contributed by atoms with E-state index in [1.54, 1.807) is 24.3 Å². The second kappa shape index (κ2) is 9.20. The van der Waals surface area contributed by atoms with Crippen LogP contribution in [-0.4, -0.2) is 18.4 Å². The molecule has 3 aromatic carbocycles. The Morgan fingerprint density at radius 2 is 1.46 bits per heavy atom. The highest BCUT2D eigenvalue weighted by Gasteiger charge is 2.13. The van der Waals surface area contributed by atoms with Gasteiger partial charge < -0.3 is 10.6 Å². The fraction of sp³-hybridized carbons (Fsp3) is 0.130. The minimum absolute atomic E-state index is 0.115. The van der Waals surface area contributed by atoms with Crippen LogP contribution in [0.4, 0.5) is 0 Å². The molecule has 0 heterocycles. The Labute approximate surface area is 169 Å². The molecule has 3 rings (SSSR count). The molecule has 3 aromatic rings. The molecule has 1 unspecified atom stereocenters. The molecule has 0 aliphatic rings. The molecule has 4 nitrogen and oxygen atoms in total. The summed E-state index contributed by atoms with van der Waals surface area (Å²) < 4.78 is 0. The van der Waals surface area contributed by atoms with Gasteiger partial charge in [0.25, 0.3) is 5.91 Å². The van der Waals surface area contributed by atoms with Crippen LogP contribution in [0.1, 0.15) is 28.9 Å². The van der Waals surface area contributed by atoms with Gasteiger partial charge >= 0.3 is 0 Å². The first kappa shape index (κ1) is 19.6. The van der Waals surface area contributed by atoms with E-state index in [9.17, 15) is 9.59 Å². The quantitative estimate of drug-likeness (QED) is 0.643. The lowest BCUT2D eigenvalue weighted by Crippen LogP contribution is -2.38. The monoisotopic (exact) mass is 392 g/mol. The smallest absolute Gasteiger partial charge is 0.253 e. The lowest BCUT2D eigenvalue weighted by molar-refractivity contribution is -0.120. The van der Waals surface area contributed by atoms with E-state index in [1.807, 2.05) is 49.4 Å². The van der Waals surface area contributed by atoms with Gasteiger partial charge in [-0.1, -0.05) is 78.3 Å². The molecule has 0 saturated heterocycles. The van der Waals surface area contributed by atoms with Gasteiger partial charge in [0, 0.05) is 0 Å². The van der Waals surface area contributed by atoms with Crippen molar-refractivity contribution in [1.29, 1.82) is 0 Å². The van der Waals surface area contributed by atoms with Crippen LogP contribution in [-0.2, 0) is 4.79 Å². The second-order valence-electron chi connectivity index (χ2n) is 6.44. The Morgan fingerprint density at radius 3 is 2.14 bits per heavy atom. The molecule has 0 aromatic heterocycles. The van der Waals surface area contributed by atoms with Gasteiger partial charge in [-0.3, -0.25) is 9.59 Å². The number of hydrogen-bond acceptors (Lipinski definition) is 2. The Bertz CT molecular complexity index is 956. The van der Waals surface area contributed by atoms with E-state index in [2.05, 4.69) is 22.8 Å². The first-order valence-corrected chi connectivity index (χ1v) is 9.40. The van der Waals surface area contributed by atoms with Crippen LogP contribution < -0.4 is 10.6 Å². The first-order valence-electron chi connectivity index (χ1n) is 9.02. The van der Waals surface area contributed by atoms with E-state index in [0.29, 0.717) is 10.6 Å². The maximum Gasteiger partial charge on any atom is 0.253 e. The summed E-state index contributed by atoms with van der Waals surface area (Å²) in [4.78, 5) is 24.3. The molecular formula is C23H21ClN2O2. The highest BCUT2D eigenvalue weighted by molar-refractivity contribution is 6.33. The fourth-order valence-electron chi connectivity index (χ4n) is 2.87. The molecule has 0 aliphatic carbocycles. The van der Waals surface area contributed by atoms with Crippen molar-refractivity contribution < 1.29 is 9.59 Å². The summed E-state index contributed by atoms with van der Waals surface area (Å²) in [5.74, 6) is -0.638. The van der Waals surface area contributed by atoms with Crippen molar-refractivity contribution in [3.63, 3.8) is 0 Å². The summed E-state index contributed by atoms with van der Waals surface area (Å²) in [6, 6.07) is 24.7. The van der Waals surface area contributed by atoms with E-state index in [1.165, 1.54) is 0 Å². The van der Waals surface area contributed by atoms with Crippen LogP contribution >= 0.6 is 11.6 Å². The summed E-state index contributed by atoms with van der Waals surface area (Å²) in [5.41, 5.74) is 3.61. The standard InChI is InChI=1S/C23H21ClN2O2/c1-16(17-11-13-19(14-12-17)18-7-3-2-4-8-18)26-22(27)15-25-23(28)20-9-5-6-10-21(20)24/h2-14,16H,15H2,1H3,(H,25,28)(H,26,27). The van der Waals surface area contributed by atoms with Crippen molar-refractivity contribution in [2.45, 2.75) is 13.0 Å². The molecule has 0 fully saturated rings. The highest BCUT2D eigenvalue weighted by atomic mass is 35.5. The maximum absolute atomic E-state index is 12.2. The number of benzene rings is 3. The third-order valence-electron chi connectivity index (χ3n) is 4.42. The number of carbonyl (C=O) groups is 2. The van der Waals surface area contributed by atoms with Gasteiger partial charge in [0.05, 0.1) is 23.2 Å². The van der Waals surface area contributed by atoms with Crippen molar-refractivity contribution >= 4 is 23.4 Å². The predicted molar refractivity (Wildman–Crippen MR) is 112 cm³/mol. The van der Waals surface area contributed by atoms with Crippen LogP contribution in [0.15, 0.2) is 78.9 Å². The normalized spacial score (nSPS) is 11.5.